The van der Waals surface area contributed by atoms with Gasteiger partial charge < -0.3 is 5.32 Å². The maximum absolute atomic E-state index is 12.6. The van der Waals surface area contributed by atoms with Crippen LogP contribution >= 0.6 is 11.6 Å². The molecule has 2 N–H and O–H groups in total. The third-order valence-electron chi connectivity index (χ3n) is 4.19. The number of fused-ring (bicyclic) bond motifs is 1. The number of benzene rings is 1. The van der Waals surface area contributed by atoms with E-state index in [2.05, 4.69) is 25.8 Å². The fraction of sp³-hybridized carbons (Fsp3) is 0.250. The fourth-order valence-corrected chi connectivity index (χ4v) is 3.13. The molecule has 3 aromatic rings. The monoisotopic (exact) mass is 342 g/mol. The fourth-order valence-electron chi connectivity index (χ4n) is 2.95. The minimum Gasteiger partial charge on any atom is -0.310 e. The Kier molecular flexibility index (Phi) is 3.78. The predicted molar refractivity (Wildman–Crippen MR) is 89.1 cm³/mol. The number of H-pyrrole nitrogens is 1. The van der Waals surface area contributed by atoms with Crippen molar-refractivity contribution in [2.24, 2.45) is 5.92 Å². The summed E-state index contributed by atoms with van der Waals surface area (Å²) in [5.41, 5.74) is 2.64. The molecule has 0 fully saturated rings. The zero-order chi connectivity index (χ0) is 16.5. The summed E-state index contributed by atoms with van der Waals surface area (Å²) >= 11 is 6.03. The Labute approximate surface area is 143 Å². The predicted octanol–water partition coefficient (Wildman–Crippen LogP) is 2.39. The second kappa shape index (κ2) is 6.09. The molecule has 122 valence electrons. The first-order valence-electron chi connectivity index (χ1n) is 7.70. The van der Waals surface area contributed by atoms with Crippen molar-refractivity contribution in [3.8, 4) is 5.69 Å². The van der Waals surface area contributed by atoms with Crippen LogP contribution in [0.4, 0.5) is 5.82 Å². The maximum Gasteiger partial charge on any atom is 0.229 e. The molecule has 0 radical (unpaired) electrons. The van der Waals surface area contributed by atoms with E-state index in [4.69, 9.17) is 11.6 Å². The normalized spacial score (nSPS) is 16.6. The van der Waals surface area contributed by atoms with Gasteiger partial charge in [-0.3, -0.25) is 4.79 Å². The highest BCUT2D eigenvalue weighted by atomic mass is 35.5. The Morgan fingerprint density at radius 3 is 3.04 bits per heavy atom. The molecular formula is C16H15ClN6O. The van der Waals surface area contributed by atoms with Gasteiger partial charge in [0.2, 0.25) is 5.91 Å². The van der Waals surface area contributed by atoms with E-state index in [1.165, 1.54) is 0 Å². The summed E-state index contributed by atoms with van der Waals surface area (Å²) in [6.07, 6.45) is 3.77. The number of nitrogens with zero attached hydrogens (tertiary/aromatic N) is 4. The van der Waals surface area contributed by atoms with Gasteiger partial charge in [0.1, 0.15) is 5.82 Å². The highest BCUT2D eigenvalue weighted by Gasteiger charge is 2.27. The van der Waals surface area contributed by atoms with E-state index in [0.29, 0.717) is 17.3 Å². The number of aromatic nitrogens is 5. The summed E-state index contributed by atoms with van der Waals surface area (Å²) in [4.78, 5) is 12.6. The van der Waals surface area contributed by atoms with Gasteiger partial charge >= 0.3 is 0 Å². The summed E-state index contributed by atoms with van der Waals surface area (Å²) in [7, 11) is 0. The van der Waals surface area contributed by atoms with Crippen LogP contribution in [0, 0.1) is 5.92 Å². The van der Waals surface area contributed by atoms with Crippen molar-refractivity contribution in [3.63, 3.8) is 0 Å². The van der Waals surface area contributed by atoms with E-state index in [-0.39, 0.29) is 11.8 Å². The van der Waals surface area contributed by atoms with Crippen molar-refractivity contribution < 1.29 is 4.79 Å². The number of nitrogens with one attached hydrogen (secondary N) is 2. The minimum atomic E-state index is -0.120. The zero-order valence-corrected chi connectivity index (χ0v) is 13.5. The molecular weight excluding hydrogens is 328 g/mol. The minimum absolute atomic E-state index is 0.0348. The Hall–Kier alpha value is -2.67. The first-order chi connectivity index (χ1) is 11.7. The largest absolute Gasteiger partial charge is 0.310 e. The summed E-state index contributed by atoms with van der Waals surface area (Å²) in [5.74, 6) is 0.464. The molecule has 1 aromatic carbocycles. The Balaban J connectivity index is 1.52. The molecule has 1 amide bonds. The molecule has 24 heavy (non-hydrogen) atoms. The van der Waals surface area contributed by atoms with E-state index in [0.717, 1.165) is 29.9 Å². The van der Waals surface area contributed by atoms with Crippen LogP contribution in [-0.2, 0) is 17.6 Å². The van der Waals surface area contributed by atoms with Gasteiger partial charge in [-0.1, -0.05) is 17.7 Å². The number of carbonyl (C=O) groups excluding carboxylic acids is 1. The van der Waals surface area contributed by atoms with Crippen LogP contribution in [-0.4, -0.2) is 31.1 Å². The molecule has 8 heteroatoms. The van der Waals surface area contributed by atoms with Crippen molar-refractivity contribution >= 4 is 23.3 Å². The smallest absolute Gasteiger partial charge is 0.229 e. The standard InChI is InChI=1S/C16H15ClN6O/c17-11-2-1-3-12(9-11)23-15(6-7-18-23)19-16(24)10-4-5-13-14(8-10)21-22-20-13/h1-3,6-7,9-10H,4-5,8H2,(H,19,24)(H,20,21,22)/t10-/m0/s1. The topological polar surface area (TPSA) is 88.5 Å². The van der Waals surface area contributed by atoms with Gasteiger partial charge in [0, 0.05) is 23.4 Å². The lowest BCUT2D eigenvalue weighted by Crippen LogP contribution is -2.29. The molecule has 0 spiro atoms. The number of amides is 1. The highest BCUT2D eigenvalue weighted by molar-refractivity contribution is 6.30. The van der Waals surface area contributed by atoms with Crippen molar-refractivity contribution in [3.05, 3.63) is 52.9 Å². The van der Waals surface area contributed by atoms with Crippen LogP contribution in [0.5, 0.6) is 0 Å². The average Bonchev–Trinajstić information content (AvgIpc) is 3.22. The lowest BCUT2D eigenvalue weighted by atomic mass is 9.89. The van der Waals surface area contributed by atoms with Gasteiger partial charge in [-0.05, 0) is 31.0 Å². The van der Waals surface area contributed by atoms with E-state index in [9.17, 15) is 4.79 Å². The van der Waals surface area contributed by atoms with Gasteiger partial charge in [-0.25, -0.2) is 4.68 Å². The Morgan fingerprint density at radius 2 is 2.17 bits per heavy atom. The first-order valence-corrected chi connectivity index (χ1v) is 8.08. The average molecular weight is 343 g/mol. The summed E-state index contributed by atoms with van der Waals surface area (Å²) in [6, 6.07) is 9.09. The summed E-state index contributed by atoms with van der Waals surface area (Å²) in [6.45, 7) is 0. The Morgan fingerprint density at radius 1 is 1.29 bits per heavy atom. The van der Waals surface area contributed by atoms with E-state index < -0.39 is 0 Å². The quantitative estimate of drug-likeness (QED) is 0.765. The number of aromatic amines is 1. The van der Waals surface area contributed by atoms with Gasteiger partial charge in [0.05, 0.1) is 23.3 Å². The number of hydrogen-bond acceptors (Lipinski definition) is 4. The molecule has 0 bridgehead atoms. The molecule has 0 saturated heterocycles. The molecule has 2 aromatic heterocycles. The zero-order valence-electron chi connectivity index (χ0n) is 12.7. The molecule has 0 unspecified atom stereocenters. The third-order valence-corrected chi connectivity index (χ3v) is 4.43. The molecule has 4 rings (SSSR count). The van der Waals surface area contributed by atoms with E-state index in [1.807, 2.05) is 12.1 Å². The van der Waals surface area contributed by atoms with Crippen molar-refractivity contribution in [2.45, 2.75) is 19.3 Å². The van der Waals surface area contributed by atoms with Gasteiger partial charge in [0.15, 0.2) is 0 Å². The molecule has 0 saturated carbocycles. The number of rotatable bonds is 3. The van der Waals surface area contributed by atoms with Crippen LogP contribution in [0.25, 0.3) is 5.69 Å². The summed E-state index contributed by atoms with van der Waals surface area (Å²) in [5, 5.41) is 18.7. The lowest BCUT2D eigenvalue weighted by molar-refractivity contribution is -0.120. The molecule has 0 aliphatic heterocycles. The van der Waals surface area contributed by atoms with Crippen LogP contribution in [0.15, 0.2) is 36.5 Å². The SMILES string of the molecule is O=C(Nc1ccnn1-c1cccc(Cl)c1)[C@H]1CCc2n[nH]nc2C1. The Bertz CT molecular complexity index is 886. The van der Waals surface area contributed by atoms with E-state index >= 15 is 0 Å². The third kappa shape index (κ3) is 2.78. The van der Waals surface area contributed by atoms with Crippen LogP contribution in [0.2, 0.25) is 5.02 Å². The molecule has 2 heterocycles. The lowest BCUT2D eigenvalue weighted by Gasteiger charge is -2.20. The van der Waals surface area contributed by atoms with Crippen molar-refractivity contribution in [1.82, 2.24) is 25.2 Å². The number of anilines is 1. The first kappa shape index (κ1) is 14.9. The summed E-state index contributed by atoms with van der Waals surface area (Å²) < 4.78 is 1.66. The van der Waals surface area contributed by atoms with Crippen molar-refractivity contribution in [1.29, 1.82) is 0 Å². The van der Waals surface area contributed by atoms with Gasteiger partial charge in [-0.2, -0.15) is 20.5 Å². The number of hydrogen-bond donors (Lipinski definition) is 2. The number of halogens is 1. The van der Waals surface area contributed by atoms with Gasteiger partial charge in [-0.15, -0.1) is 0 Å². The molecule has 1 aliphatic rings. The van der Waals surface area contributed by atoms with Crippen LogP contribution in [0.1, 0.15) is 17.8 Å². The number of aryl methyl sites for hydroxylation is 1. The maximum atomic E-state index is 12.6. The second-order valence-corrected chi connectivity index (χ2v) is 6.19. The molecule has 7 nitrogen and oxygen atoms in total. The number of carbonyl (C=O) groups is 1. The van der Waals surface area contributed by atoms with Crippen LogP contribution < -0.4 is 5.32 Å². The molecule has 1 aliphatic carbocycles. The van der Waals surface area contributed by atoms with Gasteiger partial charge in [0.25, 0.3) is 0 Å². The second-order valence-electron chi connectivity index (χ2n) is 5.75. The van der Waals surface area contributed by atoms with Crippen molar-refractivity contribution in [2.75, 3.05) is 5.32 Å². The van der Waals surface area contributed by atoms with E-state index in [1.54, 1.807) is 29.1 Å². The molecule has 1 atom stereocenters. The highest BCUT2D eigenvalue weighted by Crippen LogP contribution is 2.24. The van der Waals surface area contributed by atoms with Crippen LogP contribution in [0.3, 0.4) is 0 Å².